The second kappa shape index (κ2) is 7.61. The highest BCUT2D eigenvalue weighted by Crippen LogP contribution is 2.27. The third-order valence-corrected chi connectivity index (χ3v) is 2.86. The van der Waals surface area contributed by atoms with Crippen LogP contribution in [0.4, 0.5) is 13.2 Å². The number of hydrogen-bond acceptors (Lipinski definition) is 4. The number of rotatable bonds is 6. The standard InChI is InChI=1S/C15H19F3N2O4/c1-14(2,3)24-7-6-10(13(22)23)20-12(21)9-4-5-11(19-8-9)15(16,17)18/h4-5,8,10H,6-7H2,1-3H3,(H,20,21)(H,22,23). The Labute approximate surface area is 137 Å². The third-order valence-electron chi connectivity index (χ3n) is 2.86. The van der Waals surface area contributed by atoms with Crippen LogP contribution in [-0.4, -0.2) is 40.2 Å². The second-order valence-corrected chi connectivity index (χ2v) is 6.04. The SMILES string of the molecule is CC(C)(C)OCCC(NC(=O)c1ccc(C(F)(F)F)nc1)C(=O)O. The average Bonchev–Trinajstić information content (AvgIpc) is 2.43. The molecule has 0 aliphatic rings. The Kier molecular flexibility index (Phi) is 6.30. The lowest BCUT2D eigenvalue weighted by Crippen LogP contribution is -2.42. The van der Waals surface area contributed by atoms with E-state index >= 15 is 0 Å². The van der Waals surface area contributed by atoms with E-state index in [2.05, 4.69) is 10.3 Å². The Bertz CT molecular complexity index is 580. The van der Waals surface area contributed by atoms with E-state index in [1.807, 2.05) is 0 Å². The van der Waals surface area contributed by atoms with Crippen LogP contribution in [0.5, 0.6) is 0 Å². The highest BCUT2D eigenvalue weighted by Gasteiger charge is 2.32. The van der Waals surface area contributed by atoms with Crippen molar-refractivity contribution in [3.05, 3.63) is 29.6 Å². The monoisotopic (exact) mass is 348 g/mol. The van der Waals surface area contributed by atoms with Crippen LogP contribution in [0.3, 0.4) is 0 Å². The predicted molar refractivity (Wildman–Crippen MR) is 78.5 cm³/mol. The molecule has 24 heavy (non-hydrogen) atoms. The van der Waals surface area contributed by atoms with Gasteiger partial charge in [-0.2, -0.15) is 13.2 Å². The number of alkyl halides is 3. The molecular formula is C15H19F3N2O4. The number of nitrogens with zero attached hydrogens (tertiary/aromatic N) is 1. The molecular weight excluding hydrogens is 329 g/mol. The summed E-state index contributed by atoms with van der Waals surface area (Å²) in [5.74, 6) is -2.08. The molecule has 0 saturated carbocycles. The zero-order chi connectivity index (χ0) is 18.5. The van der Waals surface area contributed by atoms with Gasteiger partial charge in [0.15, 0.2) is 0 Å². The van der Waals surface area contributed by atoms with Crippen molar-refractivity contribution < 1.29 is 32.6 Å². The molecule has 1 heterocycles. The number of aromatic nitrogens is 1. The Hall–Kier alpha value is -2.16. The van der Waals surface area contributed by atoms with Gasteiger partial charge in [-0.1, -0.05) is 0 Å². The van der Waals surface area contributed by atoms with Gasteiger partial charge < -0.3 is 15.2 Å². The number of carbonyl (C=O) groups excluding carboxylic acids is 1. The van der Waals surface area contributed by atoms with Gasteiger partial charge in [0.2, 0.25) is 0 Å². The summed E-state index contributed by atoms with van der Waals surface area (Å²) in [6, 6.07) is 0.380. The molecule has 0 spiro atoms. The fraction of sp³-hybridized carbons (Fsp3) is 0.533. The molecule has 0 aromatic carbocycles. The largest absolute Gasteiger partial charge is 0.480 e. The number of carbonyl (C=O) groups is 2. The minimum Gasteiger partial charge on any atom is -0.480 e. The molecule has 1 atom stereocenters. The number of pyridine rings is 1. The first-order valence-electron chi connectivity index (χ1n) is 7.11. The van der Waals surface area contributed by atoms with E-state index in [0.717, 1.165) is 12.3 Å². The van der Waals surface area contributed by atoms with Crippen molar-refractivity contribution in [1.29, 1.82) is 0 Å². The predicted octanol–water partition coefficient (Wildman–Crippen LogP) is 2.49. The quantitative estimate of drug-likeness (QED) is 0.825. The molecule has 9 heteroatoms. The van der Waals surface area contributed by atoms with Crippen LogP contribution in [0.25, 0.3) is 0 Å². The van der Waals surface area contributed by atoms with Gasteiger partial charge in [-0.05, 0) is 32.9 Å². The Morgan fingerprint density at radius 1 is 1.29 bits per heavy atom. The van der Waals surface area contributed by atoms with Crippen molar-refractivity contribution in [3.63, 3.8) is 0 Å². The zero-order valence-corrected chi connectivity index (χ0v) is 13.5. The maximum absolute atomic E-state index is 12.4. The molecule has 1 unspecified atom stereocenters. The molecule has 0 aliphatic carbocycles. The number of nitrogens with one attached hydrogen (secondary N) is 1. The van der Waals surface area contributed by atoms with Crippen molar-refractivity contribution >= 4 is 11.9 Å². The molecule has 1 aromatic rings. The summed E-state index contributed by atoms with van der Waals surface area (Å²) in [6.07, 6.45) is -3.84. The molecule has 6 nitrogen and oxygen atoms in total. The number of halogens is 3. The molecule has 0 bridgehead atoms. The number of ether oxygens (including phenoxy) is 1. The lowest BCUT2D eigenvalue weighted by molar-refractivity contribution is -0.141. The number of carboxylic acid groups (broad SMARTS) is 1. The fourth-order valence-electron chi connectivity index (χ4n) is 1.68. The van der Waals surface area contributed by atoms with Crippen LogP contribution < -0.4 is 5.32 Å². The van der Waals surface area contributed by atoms with Crippen molar-refractivity contribution in [1.82, 2.24) is 10.3 Å². The van der Waals surface area contributed by atoms with Gasteiger partial charge in [0.05, 0.1) is 11.2 Å². The van der Waals surface area contributed by atoms with Crippen molar-refractivity contribution in [2.24, 2.45) is 0 Å². The van der Waals surface area contributed by atoms with Gasteiger partial charge in [0.1, 0.15) is 11.7 Å². The van der Waals surface area contributed by atoms with Crippen molar-refractivity contribution in [3.8, 4) is 0 Å². The summed E-state index contributed by atoms with van der Waals surface area (Å²) in [5, 5.41) is 11.4. The van der Waals surface area contributed by atoms with Crippen LogP contribution in [0, 0.1) is 0 Å². The molecule has 0 fully saturated rings. The van der Waals surface area contributed by atoms with Crippen LogP contribution >= 0.6 is 0 Å². The number of hydrogen-bond donors (Lipinski definition) is 2. The molecule has 0 radical (unpaired) electrons. The van der Waals surface area contributed by atoms with Crippen LogP contribution in [0.1, 0.15) is 43.2 Å². The van der Waals surface area contributed by atoms with E-state index in [4.69, 9.17) is 9.84 Å². The first kappa shape index (κ1) is 19.9. The van der Waals surface area contributed by atoms with E-state index in [1.54, 1.807) is 20.8 Å². The number of carboxylic acids is 1. The minimum absolute atomic E-state index is 0.0202. The first-order chi connectivity index (χ1) is 10.9. The molecule has 0 aliphatic heterocycles. The minimum atomic E-state index is -4.61. The van der Waals surface area contributed by atoms with Gasteiger partial charge in [-0.15, -0.1) is 0 Å². The van der Waals surface area contributed by atoms with Crippen molar-refractivity contribution in [2.45, 2.75) is 45.0 Å². The zero-order valence-electron chi connectivity index (χ0n) is 13.5. The topological polar surface area (TPSA) is 88.5 Å². The molecule has 134 valence electrons. The third kappa shape index (κ3) is 6.53. The normalized spacial score (nSPS) is 13.4. The molecule has 1 amide bonds. The van der Waals surface area contributed by atoms with Gasteiger partial charge in [0, 0.05) is 19.2 Å². The Balaban J connectivity index is 2.70. The molecule has 1 rings (SSSR count). The molecule has 0 saturated heterocycles. The van der Waals surface area contributed by atoms with Crippen LogP contribution in [0.15, 0.2) is 18.3 Å². The first-order valence-corrected chi connectivity index (χ1v) is 7.11. The summed E-state index contributed by atoms with van der Waals surface area (Å²) in [5.41, 5.74) is -1.75. The van der Waals surface area contributed by atoms with E-state index in [9.17, 15) is 22.8 Å². The fourth-order valence-corrected chi connectivity index (χ4v) is 1.68. The smallest absolute Gasteiger partial charge is 0.433 e. The number of aliphatic carboxylic acids is 1. The maximum Gasteiger partial charge on any atom is 0.433 e. The maximum atomic E-state index is 12.4. The lowest BCUT2D eigenvalue weighted by Gasteiger charge is -2.21. The highest BCUT2D eigenvalue weighted by atomic mass is 19.4. The van der Waals surface area contributed by atoms with Crippen molar-refractivity contribution in [2.75, 3.05) is 6.61 Å². The summed E-state index contributed by atoms with van der Waals surface area (Å²) >= 11 is 0. The summed E-state index contributed by atoms with van der Waals surface area (Å²) in [4.78, 5) is 26.3. The number of amides is 1. The van der Waals surface area contributed by atoms with E-state index in [0.29, 0.717) is 6.07 Å². The van der Waals surface area contributed by atoms with Gasteiger partial charge in [0.25, 0.3) is 5.91 Å². The lowest BCUT2D eigenvalue weighted by atomic mass is 10.1. The van der Waals surface area contributed by atoms with Crippen LogP contribution in [0.2, 0.25) is 0 Å². The highest BCUT2D eigenvalue weighted by molar-refractivity contribution is 5.96. The molecule has 2 N–H and O–H groups in total. The van der Waals surface area contributed by atoms with Crippen LogP contribution in [-0.2, 0) is 15.7 Å². The van der Waals surface area contributed by atoms with E-state index in [-0.39, 0.29) is 18.6 Å². The van der Waals surface area contributed by atoms with Gasteiger partial charge >= 0.3 is 12.1 Å². The summed E-state index contributed by atoms with van der Waals surface area (Å²) in [6.45, 7) is 5.51. The Morgan fingerprint density at radius 3 is 2.33 bits per heavy atom. The Morgan fingerprint density at radius 2 is 1.92 bits per heavy atom. The molecule has 1 aromatic heterocycles. The van der Waals surface area contributed by atoms with Gasteiger partial charge in [-0.3, -0.25) is 9.78 Å². The van der Waals surface area contributed by atoms with E-state index < -0.39 is 35.4 Å². The summed E-state index contributed by atoms with van der Waals surface area (Å²) in [7, 11) is 0. The average molecular weight is 348 g/mol. The second-order valence-electron chi connectivity index (χ2n) is 6.04. The summed E-state index contributed by atoms with van der Waals surface area (Å²) < 4.78 is 42.7. The van der Waals surface area contributed by atoms with Gasteiger partial charge in [-0.25, -0.2) is 4.79 Å². The van der Waals surface area contributed by atoms with E-state index in [1.165, 1.54) is 0 Å².